The van der Waals surface area contributed by atoms with E-state index in [9.17, 15) is 14.4 Å². The van der Waals surface area contributed by atoms with Crippen LogP contribution in [0.15, 0.2) is 18.2 Å². The molecule has 2 heterocycles. The highest BCUT2D eigenvalue weighted by molar-refractivity contribution is 6.01. The number of amides is 1. The number of esters is 1. The normalized spacial score (nSPS) is 17.5. The molecule has 158 valence electrons. The Labute approximate surface area is 169 Å². The van der Waals surface area contributed by atoms with Crippen LogP contribution in [0.3, 0.4) is 0 Å². The van der Waals surface area contributed by atoms with Crippen LogP contribution >= 0.6 is 0 Å². The molecule has 1 amide bonds. The maximum absolute atomic E-state index is 12.7. The van der Waals surface area contributed by atoms with E-state index in [0.717, 1.165) is 30.8 Å². The van der Waals surface area contributed by atoms with Gasteiger partial charge in [0.2, 0.25) is 13.1 Å². The SMILES string of the molecule is CC(OC(=O)CN1CCCC1)OC(=O)N(C)C(C)C(=O)c1ccc2c(c1)OCO2. The molecule has 2 aliphatic rings. The Morgan fingerprint density at radius 1 is 1.10 bits per heavy atom. The van der Waals surface area contributed by atoms with E-state index in [1.54, 1.807) is 25.1 Å². The van der Waals surface area contributed by atoms with E-state index in [-0.39, 0.29) is 19.1 Å². The number of likely N-dealkylation sites (N-methyl/N-ethyl adjacent to an activating group) is 1. The van der Waals surface area contributed by atoms with Gasteiger partial charge in [-0.25, -0.2) is 4.79 Å². The summed E-state index contributed by atoms with van der Waals surface area (Å²) in [5, 5.41) is 0. The number of hydrogen-bond acceptors (Lipinski definition) is 8. The summed E-state index contributed by atoms with van der Waals surface area (Å²) in [6.45, 7) is 5.09. The molecule has 2 aliphatic heterocycles. The van der Waals surface area contributed by atoms with Crippen molar-refractivity contribution < 1.29 is 33.3 Å². The standard InChI is InChI=1S/C20H26N2O7/c1-13(19(24)15-6-7-16-17(10-15)27-12-26-16)21(3)20(25)29-14(2)28-18(23)11-22-8-4-5-9-22/h6-7,10,13-14H,4-5,8-9,11-12H2,1-3H3. The number of nitrogens with zero attached hydrogens (tertiary/aromatic N) is 2. The predicted molar refractivity (Wildman–Crippen MR) is 102 cm³/mol. The third kappa shape index (κ3) is 5.17. The molecule has 0 N–H and O–H groups in total. The van der Waals surface area contributed by atoms with E-state index in [1.165, 1.54) is 14.0 Å². The molecule has 0 aromatic heterocycles. The van der Waals surface area contributed by atoms with Gasteiger partial charge >= 0.3 is 12.1 Å². The second kappa shape index (κ2) is 9.13. The van der Waals surface area contributed by atoms with Gasteiger partial charge in [-0.1, -0.05) is 0 Å². The molecule has 2 unspecified atom stereocenters. The number of hydrogen-bond donors (Lipinski definition) is 0. The number of rotatable bonds is 7. The van der Waals surface area contributed by atoms with E-state index in [2.05, 4.69) is 0 Å². The first-order valence-electron chi connectivity index (χ1n) is 9.64. The summed E-state index contributed by atoms with van der Waals surface area (Å²) in [5.74, 6) is 0.346. The third-order valence-electron chi connectivity index (χ3n) is 5.02. The Hall–Kier alpha value is -2.81. The topological polar surface area (TPSA) is 94.6 Å². The van der Waals surface area contributed by atoms with Crippen LogP contribution in [-0.4, -0.2) is 73.5 Å². The van der Waals surface area contributed by atoms with Crippen LogP contribution in [0.2, 0.25) is 0 Å². The van der Waals surface area contributed by atoms with Gasteiger partial charge in [-0.15, -0.1) is 0 Å². The summed E-state index contributed by atoms with van der Waals surface area (Å²) in [5.41, 5.74) is 0.395. The lowest BCUT2D eigenvalue weighted by atomic mass is 10.0. The minimum absolute atomic E-state index is 0.114. The zero-order chi connectivity index (χ0) is 21.0. The van der Waals surface area contributed by atoms with Crippen molar-refractivity contribution in [2.45, 2.75) is 39.0 Å². The van der Waals surface area contributed by atoms with Crippen LogP contribution in [0.25, 0.3) is 0 Å². The molecule has 0 bridgehead atoms. The van der Waals surface area contributed by atoms with Gasteiger partial charge in [0.15, 0.2) is 17.3 Å². The Kier molecular flexibility index (Phi) is 6.58. The number of Topliss-reactive ketones (excluding diaryl/α,β-unsaturated/α-hetero) is 1. The molecule has 1 saturated heterocycles. The molecule has 9 nitrogen and oxygen atoms in total. The van der Waals surface area contributed by atoms with Crippen LogP contribution in [0, 0.1) is 0 Å². The Morgan fingerprint density at radius 2 is 1.79 bits per heavy atom. The minimum Gasteiger partial charge on any atom is -0.454 e. The molecule has 1 aromatic carbocycles. The molecule has 0 spiro atoms. The van der Waals surface area contributed by atoms with E-state index >= 15 is 0 Å². The third-order valence-corrected chi connectivity index (χ3v) is 5.02. The molecule has 2 atom stereocenters. The molecular weight excluding hydrogens is 380 g/mol. The van der Waals surface area contributed by atoms with Crippen LogP contribution in [0.4, 0.5) is 4.79 Å². The first-order chi connectivity index (χ1) is 13.8. The number of carbonyl (C=O) groups excluding carboxylic acids is 3. The van der Waals surface area contributed by atoms with Crippen molar-refractivity contribution in [1.29, 1.82) is 0 Å². The smallest absolute Gasteiger partial charge is 0.413 e. The molecule has 0 aliphatic carbocycles. The second-order valence-electron chi connectivity index (χ2n) is 7.14. The lowest BCUT2D eigenvalue weighted by Crippen LogP contribution is -2.42. The van der Waals surface area contributed by atoms with Gasteiger partial charge < -0.3 is 23.8 Å². The fraction of sp³-hybridized carbons (Fsp3) is 0.550. The maximum atomic E-state index is 12.7. The number of likely N-dealkylation sites (tertiary alicyclic amines) is 1. The van der Waals surface area contributed by atoms with E-state index < -0.39 is 24.4 Å². The van der Waals surface area contributed by atoms with Gasteiger partial charge in [-0.2, -0.15) is 0 Å². The molecule has 0 saturated carbocycles. The number of benzene rings is 1. The maximum Gasteiger partial charge on any atom is 0.413 e. The van der Waals surface area contributed by atoms with E-state index in [1.807, 2.05) is 4.90 Å². The van der Waals surface area contributed by atoms with Gasteiger partial charge in [0, 0.05) is 19.5 Å². The number of fused-ring (bicyclic) bond motifs is 1. The molecule has 3 rings (SSSR count). The first kappa shape index (κ1) is 20.9. The summed E-state index contributed by atoms with van der Waals surface area (Å²) in [7, 11) is 1.46. The fourth-order valence-corrected chi connectivity index (χ4v) is 3.22. The monoisotopic (exact) mass is 406 g/mol. The van der Waals surface area contributed by atoms with Gasteiger partial charge in [0.05, 0.1) is 12.6 Å². The molecular formula is C20H26N2O7. The number of ketones is 1. The van der Waals surface area contributed by atoms with E-state index in [4.69, 9.17) is 18.9 Å². The van der Waals surface area contributed by atoms with Crippen molar-refractivity contribution in [3.63, 3.8) is 0 Å². The summed E-state index contributed by atoms with van der Waals surface area (Å²) in [4.78, 5) is 40.2. The Balaban J connectivity index is 1.50. The average molecular weight is 406 g/mol. The zero-order valence-electron chi connectivity index (χ0n) is 16.9. The van der Waals surface area contributed by atoms with Crippen molar-refractivity contribution in [1.82, 2.24) is 9.80 Å². The second-order valence-corrected chi connectivity index (χ2v) is 7.14. The van der Waals surface area contributed by atoms with Gasteiger partial charge in [0.25, 0.3) is 0 Å². The van der Waals surface area contributed by atoms with Crippen LogP contribution in [-0.2, 0) is 14.3 Å². The van der Waals surface area contributed by atoms with Crippen LogP contribution < -0.4 is 9.47 Å². The highest BCUT2D eigenvalue weighted by atomic mass is 16.7. The van der Waals surface area contributed by atoms with Crippen molar-refractivity contribution in [3.8, 4) is 11.5 Å². The predicted octanol–water partition coefficient (Wildman–Crippen LogP) is 2.04. The van der Waals surface area contributed by atoms with E-state index in [0.29, 0.717) is 17.1 Å². The van der Waals surface area contributed by atoms with Crippen LogP contribution in [0.5, 0.6) is 11.5 Å². The Morgan fingerprint density at radius 3 is 2.52 bits per heavy atom. The van der Waals surface area contributed by atoms with Gasteiger partial charge in [0.1, 0.15) is 0 Å². The summed E-state index contributed by atoms with van der Waals surface area (Å²) < 4.78 is 20.8. The summed E-state index contributed by atoms with van der Waals surface area (Å²) in [6.07, 6.45) is 0.330. The molecule has 9 heteroatoms. The van der Waals surface area contributed by atoms with Gasteiger partial charge in [-0.3, -0.25) is 14.5 Å². The largest absolute Gasteiger partial charge is 0.454 e. The zero-order valence-corrected chi connectivity index (χ0v) is 16.9. The highest BCUT2D eigenvalue weighted by Crippen LogP contribution is 2.33. The quantitative estimate of drug-likeness (QED) is 0.386. The minimum atomic E-state index is -1.05. The van der Waals surface area contributed by atoms with Crippen molar-refractivity contribution in [2.75, 3.05) is 33.5 Å². The Bertz CT molecular complexity index is 776. The lowest BCUT2D eigenvalue weighted by Gasteiger charge is -2.25. The summed E-state index contributed by atoms with van der Waals surface area (Å²) >= 11 is 0. The van der Waals surface area contributed by atoms with Crippen molar-refractivity contribution in [2.24, 2.45) is 0 Å². The highest BCUT2D eigenvalue weighted by Gasteiger charge is 2.28. The number of ether oxygens (including phenoxy) is 4. The average Bonchev–Trinajstić information content (AvgIpc) is 3.36. The van der Waals surface area contributed by atoms with Gasteiger partial charge in [-0.05, 0) is 51.1 Å². The van der Waals surface area contributed by atoms with Crippen LogP contribution in [0.1, 0.15) is 37.0 Å². The van der Waals surface area contributed by atoms with Crippen molar-refractivity contribution in [3.05, 3.63) is 23.8 Å². The fourth-order valence-electron chi connectivity index (χ4n) is 3.22. The molecule has 1 aromatic rings. The molecule has 29 heavy (non-hydrogen) atoms. The first-order valence-corrected chi connectivity index (χ1v) is 9.64. The lowest BCUT2D eigenvalue weighted by molar-refractivity contribution is -0.167. The summed E-state index contributed by atoms with van der Waals surface area (Å²) in [6, 6.07) is 4.08. The number of carbonyl (C=O) groups is 3. The molecule has 0 radical (unpaired) electrons. The van der Waals surface area contributed by atoms with Crippen molar-refractivity contribution >= 4 is 17.8 Å². The molecule has 1 fully saturated rings.